The molecule has 0 saturated carbocycles. The molecule has 434 valence electrons. The van der Waals surface area contributed by atoms with E-state index in [4.69, 9.17) is 13.8 Å². The minimum Gasteiger partial charge on any atom is -0.756 e. The Bertz CT molecular complexity index is 1720. The highest BCUT2D eigenvalue weighted by Gasteiger charge is 2.27. The van der Waals surface area contributed by atoms with Crippen LogP contribution in [0.2, 0.25) is 0 Å². The number of esters is 1. The molecule has 0 aliphatic heterocycles. The summed E-state index contributed by atoms with van der Waals surface area (Å²) in [5, 5.41) is 3.00. The van der Waals surface area contributed by atoms with E-state index in [-0.39, 0.29) is 31.3 Å². The Hall–Kier alpha value is -3.59. The molecule has 1 amide bonds. The summed E-state index contributed by atoms with van der Waals surface area (Å²) in [6, 6.07) is -0.919. The van der Waals surface area contributed by atoms with Gasteiger partial charge in [-0.3, -0.25) is 14.2 Å². The highest BCUT2D eigenvalue weighted by molar-refractivity contribution is 7.45. The lowest BCUT2D eigenvalue weighted by Gasteiger charge is -2.30. The van der Waals surface area contributed by atoms with Gasteiger partial charge in [0.15, 0.2) is 0 Å². The lowest BCUT2D eigenvalue weighted by atomic mass is 10.0. The van der Waals surface area contributed by atoms with Crippen molar-refractivity contribution in [3.63, 3.8) is 0 Å². The van der Waals surface area contributed by atoms with Crippen LogP contribution in [0.15, 0.2) is 122 Å². The average Bonchev–Trinajstić information content (AvgIpc) is 3.38. The summed E-state index contributed by atoms with van der Waals surface area (Å²) >= 11 is 0. The molecule has 0 radical (unpaired) electrons. The molecule has 76 heavy (non-hydrogen) atoms. The normalized spacial score (nSPS) is 14.6. The van der Waals surface area contributed by atoms with Gasteiger partial charge in [-0.2, -0.15) is 0 Å². The van der Waals surface area contributed by atoms with Crippen LogP contribution < -0.4 is 10.2 Å². The van der Waals surface area contributed by atoms with Crippen LogP contribution in [-0.4, -0.2) is 69.4 Å². The van der Waals surface area contributed by atoms with E-state index >= 15 is 0 Å². The van der Waals surface area contributed by atoms with Crippen molar-refractivity contribution in [2.45, 2.75) is 245 Å². The third kappa shape index (κ3) is 55.2. The highest BCUT2D eigenvalue weighted by Crippen LogP contribution is 2.38. The summed E-state index contributed by atoms with van der Waals surface area (Å²) in [4.78, 5) is 39.9. The smallest absolute Gasteiger partial charge is 0.306 e. The van der Waals surface area contributed by atoms with Crippen molar-refractivity contribution in [2.75, 3.05) is 40.9 Å². The van der Waals surface area contributed by atoms with Crippen LogP contribution in [0.5, 0.6) is 0 Å². The van der Waals surface area contributed by atoms with Crippen LogP contribution in [0.25, 0.3) is 0 Å². The number of rotatable bonds is 53. The van der Waals surface area contributed by atoms with Crippen molar-refractivity contribution >= 4 is 19.7 Å². The zero-order valence-electron chi connectivity index (χ0n) is 49.4. The van der Waals surface area contributed by atoms with Crippen LogP contribution in [0.1, 0.15) is 233 Å². The van der Waals surface area contributed by atoms with Crippen LogP contribution in [-0.2, 0) is 27.9 Å². The Morgan fingerprint density at radius 2 is 0.842 bits per heavy atom. The van der Waals surface area contributed by atoms with E-state index < -0.39 is 26.6 Å². The molecule has 0 rings (SSSR count). The van der Waals surface area contributed by atoms with E-state index in [9.17, 15) is 19.0 Å². The third-order valence-corrected chi connectivity index (χ3v) is 13.6. The molecule has 10 heteroatoms. The maximum Gasteiger partial charge on any atom is 0.306 e. The molecule has 0 aromatic heterocycles. The molecule has 9 nitrogen and oxygen atoms in total. The van der Waals surface area contributed by atoms with Crippen molar-refractivity contribution in [2.24, 2.45) is 0 Å². The first kappa shape index (κ1) is 72.4. The van der Waals surface area contributed by atoms with Crippen LogP contribution in [0, 0.1) is 0 Å². The fraction of sp³-hybridized carbons (Fsp3) is 0.667. The first-order chi connectivity index (χ1) is 36.9. The predicted octanol–water partition coefficient (Wildman–Crippen LogP) is 18.1. The molecule has 0 aromatic rings. The Labute approximate surface area is 467 Å². The van der Waals surface area contributed by atoms with Gasteiger partial charge in [-0.25, -0.2) is 0 Å². The maximum atomic E-state index is 13.5. The third-order valence-electron chi connectivity index (χ3n) is 12.6. The Morgan fingerprint density at radius 3 is 1.26 bits per heavy atom. The number of phosphoric acid groups is 1. The number of likely N-dealkylation sites (N-methyl/N-ethyl adjacent to an activating group) is 1. The largest absolute Gasteiger partial charge is 0.756 e. The number of allylic oxidation sites excluding steroid dienone is 19. The number of hydrogen-bond acceptors (Lipinski definition) is 7. The molecular weight excluding hydrogens is 964 g/mol. The Kier molecular flexibility index (Phi) is 52.2. The summed E-state index contributed by atoms with van der Waals surface area (Å²) in [5.41, 5.74) is 0. The number of ether oxygens (including phenoxy) is 1. The molecular formula is C66H113N2O7P. The molecule has 0 spiro atoms. The van der Waals surface area contributed by atoms with E-state index in [1.54, 1.807) is 0 Å². The highest BCUT2D eigenvalue weighted by atomic mass is 31.2. The Morgan fingerprint density at radius 1 is 0.474 bits per heavy atom. The standard InChI is InChI=1S/C66H113N2O7P/c1-7-10-13-16-19-22-25-28-30-31-32-33-34-35-36-37-38-41-44-47-50-53-56-59-66(70)75-64(57-54-51-48-45-42-39-27-24-21-18-15-12-9-3)63(62-74-76(71,72)73-61-60-68(4,5)6)67-65(69)58-55-52-49-46-43-40-29-26-23-20-17-14-11-8-2/h10-11,13-14,19-20,22-23,28-30,32-33,35-36,38,40-41,54,57,63-64H,7-9,12,15-18,21,24-27,31,34,37,39,42-53,55-56,58-62H2,1-6H3,(H-,67,69,71,72)/b13-10-,14-11+,22-19-,23-20+,30-28-,33-32-,36-35-,40-29+,41-38-,57-54-. The molecule has 0 aromatic carbocycles. The summed E-state index contributed by atoms with van der Waals surface area (Å²) in [6.45, 7) is 6.56. The first-order valence-electron chi connectivity index (χ1n) is 30.3. The van der Waals surface area contributed by atoms with Gasteiger partial charge in [0, 0.05) is 12.8 Å². The van der Waals surface area contributed by atoms with Crippen LogP contribution >= 0.6 is 7.82 Å². The number of hydrogen-bond donors (Lipinski definition) is 1. The fourth-order valence-corrected chi connectivity index (χ4v) is 8.73. The van der Waals surface area contributed by atoms with Crippen molar-refractivity contribution in [3.05, 3.63) is 122 Å². The molecule has 1 N–H and O–H groups in total. The summed E-state index contributed by atoms with van der Waals surface area (Å²) < 4.78 is 30.3. The molecule has 0 fully saturated rings. The number of carbonyl (C=O) groups is 2. The number of nitrogens with zero attached hydrogens (tertiary/aromatic N) is 1. The minimum atomic E-state index is -4.72. The zero-order chi connectivity index (χ0) is 55.7. The van der Waals surface area contributed by atoms with E-state index in [0.717, 1.165) is 128 Å². The quantitative estimate of drug-likeness (QED) is 0.0212. The lowest BCUT2D eigenvalue weighted by Crippen LogP contribution is -2.47. The fourth-order valence-electron chi connectivity index (χ4n) is 8.01. The summed E-state index contributed by atoms with van der Waals surface area (Å²) in [7, 11) is 1.13. The maximum absolute atomic E-state index is 13.5. The van der Waals surface area contributed by atoms with Gasteiger partial charge >= 0.3 is 5.97 Å². The second kappa shape index (κ2) is 54.8. The van der Waals surface area contributed by atoms with Gasteiger partial charge in [0.1, 0.15) is 19.3 Å². The molecule has 3 atom stereocenters. The zero-order valence-corrected chi connectivity index (χ0v) is 50.3. The van der Waals surface area contributed by atoms with Crippen molar-refractivity contribution in [1.82, 2.24) is 5.32 Å². The molecule has 0 saturated heterocycles. The molecule has 3 unspecified atom stereocenters. The second-order valence-electron chi connectivity index (χ2n) is 21.1. The number of quaternary nitrogens is 1. The lowest BCUT2D eigenvalue weighted by molar-refractivity contribution is -0.870. The van der Waals surface area contributed by atoms with Gasteiger partial charge in [0.25, 0.3) is 7.82 Å². The van der Waals surface area contributed by atoms with Gasteiger partial charge in [0.05, 0.1) is 33.8 Å². The predicted molar refractivity (Wildman–Crippen MR) is 325 cm³/mol. The number of unbranched alkanes of at least 4 members (excludes halogenated alkanes) is 19. The van der Waals surface area contributed by atoms with Gasteiger partial charge in [-0.15, -0.1) is 0 Å². The Balaban J connectivity index is 5.36. The second-order valence-corrected chi connectivity index (χ2v) is 22.5. The minimum absolute atomic E-state index is 0.0379. The van der Waals surface area contributed by atoms with E-state index in [0.29, 0.717) is 23.9 Å². The number of phosphoric ester groups is 1. The average molecular weight is 1080 g/mol. The SMILES string of the molecule is CC/C=C\C/C=C\C/C=C\C/C=C\C/C=C\C/C=C\CCCCCCC(=O)OC(/C=C\CCCCCCCCCCCCC)C(COP(=O)([O-])OCC[N+](C)(C)C)NC(=O)CCCCCC/C=C/C/C=C/C/C=C/CC. The van der Waals surface area contributed by atoms with E-state index in [2.05, 4.69) is 135 Å². The van der Waals surface area contributed by atoms with E-state index in [1.807, 2.05) is 33.3 Å². The summed E-state index contributed by atoms with van der Waals surface area (Å²) in [5.74, 6) is -0.605. The number of nitrogens with one attached hydrogen (secondary N) is 1. The van der Waals surface area contributed by atoms with Gasteiger partial charge in [-0.1, -0.05) is 226 Å². The van der Waals surface area contributed by atoms with Gasteiger partial charge in [-0.05, 0) is 115 Å². The van der Waals surface area contributed by atoms with Crippen LogP contribution in [0.4, 0.5) is 0 Å². The van der Waals surface area contributed by atoms with Crippen LogP contribution in [0.3, 0.4) is 0 Å². The number of amides is 1. The van der Waals surface area contributed by atoms with Crippen molar-refractivity contribution < 1.29 is 37.3 Å². The van der Waals surface area contributed by atoms with Gasteiger partial charge in [0.2, 0.25) is 5.91 Å². The summed E-state index contributed by atoms with van der Waals surface area (Å²) in [6.07, 6.45) is 75.9. The monoisotopic (exact) mass is 1080 g/mol. The molecule has 0 aliphatic rings. The topological polar surface area (TPSA) is 114 Å². The van der Waals surface area contributed by atoms with Crippen molar-refractivity contribution in [1.29, 1.82) is 0 Å². The number of carbonyl (C=O) groups excluding carboxylic acids is 2. The molecule has 0 aliphatic carbocycles. The van der Waals surface area contributed by atoms with Gasteiger partial charge < -0.3 is 28.5 Å². The van der Waals surface area contributed by atoms with E-state index in [1.165, 1.54) is 57.8 Å². The first-order valence-corrected chi connectivity index (χ1v) is 31.8. The van der Waals surface area contributed by atoms with Crippen molar-refractivity contribution in [3.8, 4) is 0 Å². The molecule has 0 heterocycles. The molecule has 0 bridgehead atoms.